The van der Waals surface area contributed by atoms with Crippen molar-refractivity contribution in [2.24, 2.45) is 11.8 Å². The Labute approximate surface area is 133 Å². The summed E-state index contributed by atoms with van der Waals surface area (Å²) in [5.41, 5.74) is 2.18. The molecule has 4 heteroatoms. The zero-order chi connectivity index (χ0) is 15.9. The van der Waals surface area contributed by atoms with Gasteiger partial charge in [0.25, 0.3) is 0 Å². The van der Waals surface area contributed by atoms with Gasteiger partial charge in [-0.15, -0.1) is 0 Å². The predicted molar refractivity (Wildman–Crippen MR) is 89.0 cm³/mol. The van der Waals surface area contributed by atoms with Crippen LogP contribution in [0.5, 0.6) is 5.75 Å². The molecule has 1 aromatic rings. The van der Waals surface area contributed by atoms with Gasteiger partial charge in [0.1, 0.15) is 5.75 Å². The number of nitrogens with one attached hydrogen (secondary N) is 2. The molecule has 1 aromatic carbocycles. The second-order valence-electron chi connectivity index (χ2n) is 6.38. The summed E-state index contributed by atoms with van der Waals surface area (Å²) in [6.07, 6.45) is 3.05. The Hall–Kier alpha value is -1.55. The Morgan fingerprint density at radius 1 is 1.50 bits per heavy atom. The lowest BCUT2D eigenvalue weighted by molar-refractivity contribution is -0.122. The van der Waals surface area contributed by atoms with Gasteiger partial charge in [-0.2, -0.15) is 0 Å². The summed E-state index contributed by atoms with van der Waals surface area (Å²) in [4.78, 5) is 12.2. The minimum atomic E-state index is 0.126. The fraction of sp³-hybridized carbons (Fsp3) is 0.611. The van der Waals surface area contributed by atoms with Gasteiger partial charge in [0, 0.05) is 18.5 Å². The number of ether oxygens (including phenoxy) is 1. The Morgan fingerprint density at radius 2 is 2.32 bits per heavy atom. The van der Waals surface area contributed by atoms with E-state index < -0.39 is 0 Å². The summed E-state index contributed by atoms with van der Waals surface area (Å²) in [5.74, 6) is 2.01. The lowest BCUT2D eigenvalue weighted by Gasteiger charge is -2.28. The van der Waals surface area contributed by atoms with Crippen molar-refractivity contribution >= 4 is 5.91 Å². The number of carbonyl (C=O) groups is 1. The van der Waals surface area contributed by atoms with Crippen LogP contribution in [0.4, 0.5) is 0 Å². The van der Waals surface area contributed by atoms with Gasteiger partial charge >= 0.3 is 0 Å². The van der Waals surface area contributed by atoms with Crippen LogP contribution in [-0.2, 0) is 11.3 Å². The summed E-state index contributed by atoms with van der Waals surface area (Å²) < 4.78 is 5.38. The summed E-state index contributed by atoms with van der Waals surface area (Å²) in [6.45, 7) is 6.90. The van der Waals surface area contributed by atoms with Crippen molar-refractivity contribution in [2.75, 3.05) is 20.2 Å². The first-order valence-electron chi connectivity index (χ1n) is 8.21. The monoisotopic (exact) mass is 304 g/mol. The van der Waals surface area contributed by atoms with E-state index in [2.05, 4.69) is 17.6 Å². The standard InChI is InChI=1S/C18H28N2O2/c1-13-6-7-16(17(9-13)22-3)12-20-18(21)10-14(2)15-5-4-8-19-11-15/h6-7,9,14-15,19H,4-5,8,10-12H2,1-3H3,(H,20,21). The fourth-order valence-corrected chi connectivity index (χ4v) is 3.09. The molecule has 1 amide bonds. The molecule has 0 spiro atoms. The van der Waals surface area contributed by atoms with Gasteiger partial charge in [-0.3, -0.25) is 4.79 Å². The van der Waals surface area contributed by atoms with Crippen LogP contribution in [0.25, 0.3) is 0 Å². The number of benzene rings is 1. The van der Waals surface area contributed by atoms with Crippen molar-refractivity contribution < 1.29 is 9.53 Å². The largest absolute Gasteiger partial charge is 0.496 e. The third-order valence-electron chi connectivity index (χ3n) is 4.57. The number of piperidine rings is 1. The third kappa shape index (κ3) is 4.73. The molecule has 2 rings (SSSR count). The Bertz CT molecular complexity index is 496. The predicted octanol–water partition coefficient (Wildman–Crippen LogP) is 2.65. The van der Waals surface area contributed by atoms with Gasteiger partial charge in [0.05, 0.1) is 7.11 Å². The molecule has 122 valence electrons. The highest BCUT2D eigenvalue weighted by Gasteiger charge is 2.21. The van der Waals surface area contributed by atoms with Crippen LogP contribution in [-0.4, -0.2) is 26.1 Å². The molecule has 4 nitrogen and oxygen atoms in total. The molecule has 2 unspecified atom stereocenters. The average Bonchev–Trinajstić information content (AvgIpc) is 2.54. The number of hydrogen-bond donors (Lipinski definition) is 2. The maximum absolute atomic E-state index is 12.2. The highest BCUT2D eigenvalue weighted by Crippen LogP contribution is 2.23. The van der Waals surface area contributed by atoms with E-state index in [9.17, 15) is 4.79 Å². The van der Waals surface area contributed by atoms with E-state index in [4.69, 9.17) is 4.74 Å². The van der Waals surface area contributed by atoms with Gasteiger partial charge in [0.15, 0.2) is 0 Å². The number of aryl methyl sites for hydroxylation is 1. The molecular weight excluding hydrogens is 276 g/mol. The molecule has 0 aromatic heterocycles. The van der Waals surface area contributed by atoms with E-state index in [0.717, 1.165) is 30.0 Å². The van der Waals surface area contributed by atoms with Crippen LogP contribution >= 0.6 is 0 Å². The lowest BCUT2D eigenvalue weighted by atomic mass is 9.85. The minimum Gasteiger partial charge on any atom is -0.496 e. The molecule has 0 radical (unpaired) electrons. The van der Waals surface area contributed by atoms with Gasteiger partial charge in [-0.25, -0.2) is 0 Å². The first-order chi connectivity index (χ1) is 10.6. The number of amides is 1. The van der Waals surface area contributed by atoms with Crippen LogP contribution in [0.15, 0.2) is 18.2 Å². The second kappa shape index (κ2) is 8.18. The average molecular weight is 304 g/mol. The molecular formula is C18H28N2O2. The highest BCUT2D eigenvalue weighted by molar-refractivity contribution is 5.76. The van der Waals surface area contributed by atoms with Gasteiger partial charge in [0.2, 0.25) is 5.91 Å². The summed E-state index contributed by atoms with van der Waals surface area (Å²) in [5, 5.41) is 6.44. The summed E-state index contributed by atoms with van der Waals surface area (Å²) in [7, 11) is 1.66. The van der Waals surface area contributed by atoms with Gasteiger partial charge in [-0.1, -0.05) is 19.1 Å². The van der Waals surface area contributed by atoms with E-state index in [1.807, 2.05) is 25.1 Å². The molecule has 1 saturated heterocycles. The van der Waals surface area contributed by atoms with Crippen LogP contribution in [0.2, 0.25) is 0 Å². The molecule has 1 aliphatic rings. The lowest BCUT2D eigenvalue weighted by Crippen LogP contribution is -2.35. The van der Waals surface area contributed by atoms with Crippen molar-refractivity contribution in [1.82, 2.24) is 10.6 Å². The molecule has 2 atom stereocenters. The van der Waals surface area contributed by atoms with Gasteiger partial charge < -0.3 is 15.4 Å². The third-order valence-corrected chi connectivity index (χ3v) is 4.57. The van der Waals surface area contributed by atoms with Crippen molar-refractivity contribution in [3.05, 3.63) is 29.3 Å². The minimum absolute atomic E-state index is 0.126. The molecule has 1 heterocycles. The maximum Gasteiger partial charge on any atom is 0.220 e. The molecule has 1 aliphatic heterocycles. The summed E-state index contributed by atoms with van der Waals surface area (Å²) >= 11 is 0. The van der Waals surface area contributed by atoms with Crippen LogP contribution < -0.4 is 15.4 Å². The van der Waals surface area contributed by atoms with Crippen LogP contribution in [0.1, 0.15) is 37.3 Å². The number of hydrogen-bond acceptors (Lipinski definition) is 3. The molecule has 1 fully saturated rings. The quantitative estimate of drug-likeness (QED) is 0.849. The Morgan fingerprint density at radius 3 is 3.00 bits per heavy atom. The zero-order valence-electron chi connectivity index (χ0n) is 13.9. The molecule has 0 aliphatic carbocycles. The number of rotatable bonds is 6. The number of carbonyl (C=O) groups excluding carboxylic acids is 1. The summed E-state index contributed by atoms with van der Waals surface area (Å²) in [6, 6.07) is 6.06. The maximum atomic E-state index is 12.2. The fourth-order valence-electron chi connectivity index (χ4n) is 3.09. The second-order valence-corrected chi connectivity index (χ2v) is 6.38. The van der Waals surface area contributed by atoms with E-state index in [-0.39, 0.29) is 5.91 Å². The molecule has 22 heavy (non-hydrogen) atoms. The first kappa shape index (κ1) is 16.8. The normalized spacial score (nSPS) is 19.5. The van der Waals surface area contributed by atoms with Crippen molar-refractivity contribution in [3.63, 3.8) is 0 Å². The highest BCUT2D eigenvalue weighted by atomic mass is 16.5. The Balaban J connectivity index is 1.82. The van der Waals surface area contributed by atoms with Gasteiger partial charge in [-0.05, 0) is 56.3 Å². The smallest absolute Gasteiger partial charge is 0.220 e. The Kier molecular flexibility index (Phi) is 6.25. The first-order valence-corrected chi connectivity index (χ1v) is 8.21. The SMILES string of the molecule is COc1cc(C)ccc1CNC(=O)CC(C)C1CCCNC1. The van der Waals surface area contributed by atoms with E-state index in [1.54, 1.807) is 7.11 Å². The topological polar surface area (TPSA) is 50.4 Å². The van der Waals surface area contributed by atoms with Crippen LogP contribution in [0, 0.1) is 18.8 Å². The van der Waals surface area contributed by atoms with E-state index in [0.29, 0.717) is 24.8 Å². The van der Waals surface area contributed by atoms with Crippen LogP contribution in [0.3, 0.4) is 0 Å². The van der Waals surface area contributed by atoms with Crippen molar-refractivity contribution in [3.8, 4) is 5.75 Å². The molecule has 2 N–H and O–H groups in total. The van der Waals surface area contributed by atoms with Crippen molar-refractivity contribution in [1.29, 1.82) is 0 Å². The number of methoxy groups -OCH3 is 1. The van der Waals surface area contributed by atoms with E-state index in [1.165, 1.54) is 12.8 Å². The van der Waals surface area contributed by atoms with Crippen molar-refractivity contribution in [2.45, 2.75) is 39.7 Å². The zero-order valence-corrected chi connectivity index (χ0v) is 13.9. The van der Waals surface area contributed by atoms with E-state index >= 15 is 0 Å². The molecule has 0 bridgehead atoms. The molecule has 0 saturated carbocycles.